The Balaban J connectivity index is 2.13. The molecular weight excluding hydrogens is 259 g/mol. The van der Waals surface area contributed by atoms with Crippen LogP contribution < -0.4 is 0 Å². The SMILES string of the molecule is Cc1nnc(SCc2cc(C(=O)O)ccc2F)o1. The standard InChI is InChI=1S/C11H9FN2O3S/c1-6-13-14-11(17-6)18-5-8-4-7(10(15)16)2-3-9(8)12/h2-4H,5H2,1H3,(H,15,16). The monoisotopic (exact) mass is 268 g/mol. The van der Waals surface area contributed by atoms with Crippen LogP contribution in [0.1, 0.15) is 21.8 Å². The van der Waals surface area contributed by atoms with Crippen LogP contribution in [0.25, 0.3) is 0 Å². The molecule has 0 aliphatic rings. The van der Waals surface area contributed by atoms with E-state index in [2.05, 4.69) is 10.2 Å². The van der Waals surface area contributed by atoms with Gasteiger partial charge in [-0.25, -0.2) is 9.18 Å². The smallest absolute Gasteiger partial charge is 0.335 e. The second-order valence-corrected chi connectivity index (χ2v) is 4.41. The molecule has 7 heteroatoms. The van der Waals surface area contributed by atoms with E-state index >= 15 is 0 Å². The van der Waals surface area contributed by atoms with E-state index in [-0.39, 0.29) is 16.9 Å². The van der Waals surface area contributed by atoms with E-state index in [1.807, 2.05) is 0 Å². The molecule has 18 heavy (non-hydrogen) atoms. The van der Waals surface area contributed by atoms with Crippen LogP contribution >= 0.6 is 11.8 Å². The molecule has 5 nitrogen and oxygen atoms in total. The minimum Gasteiger partial charge on any atom is -0.478 e. The van der Waals surface area contributed by atoms with Crippen LogP contribution in [0.3, 0.4) is 0 Å². The average Bonchev–Trinajstić information content (AvgIpc) is 2.74. The Morgan fingerprint density at radius 2 is 2.28 bits per heavy atom. The molecule has 1 heterocycles. The first kappa shape index (κ1) is 12.6. The highest BCUT2D eigenvalue weighted by atomic mass is 32.2. The van der Waals surface area contributed by atoms with Crippen molar-refractivity contribution in [3.8, 4) is 0 Å². The number of halogens is 1. The van der Waals surface area contributed by atoms with Gasteiger partial charge in [-0.15, -0.1) is 10.2 Å². The normalized spacial score (nSPS) is 10.6. The highest BCUT2D eigenvalue weighted by Crippen LogP contribution is 2.23. The van der Waals surface area contributed by atoms with Crippen molar-refractivity contribution in [1.29, 1.82) is 0 Å². The quantitative estimate of drug-likeness (QED) is 0.858. The van der Waals surface area contributed by atoms with Gasteiger partial charge in [-0.2, -0.15) is 0 Å². The van der Waals surface area contributed by atoms with E-state index in [9.17, 15) is 9.18 Å². The van der Waals surface area contributed by atoms with Crippen LogP contribution in [0, 0.1) is 12.7 Å². The number of benzene rings is 1. The van der Waals surface area contributed by atoms with Crippen LogP contribution in [-0.4, -0.2) is 21.3 Å². The number of carbonyl (C=O) groups is 1. The number of rotatable bonds is 4. The Hall–Kier alpha value is -1.89. The summed E-state index contributed by atoms with van der Waals surface area (Å²) in [5.74, 6) is -0.884. The molecule has 0 aliphatic heterocycles. The molecule has 0 fully saturated rings. The first-order valence-electron chi connectivity index (χ1n) is 5.01. The molecule has 0 unspecified atom stereocenters. The molecule has 1 N–H and O–H groups in total. The van der Waals surface area contributed by atoms with Crippen LogP contribution in [-0.2, 0) is 5.75 Å². The number of hydrogen-bond acceptors (Lipinski definition) is 5. The van der Waals surface area contributed by atoms with Gasteiger partial charge in [0, 0.05) is 12.7 Å². The van der Waals surface area contributed by atoms with Gasteiger partial charge in [-0.05, 0) is 23.8 Å². The van der Waals surface area contributed by atoms with Crippen LogP contribution in [0.15, 0.2) is 27.8 Å². The maximum Gasteiger partial charge on any atom is 0.335 e. The molecule has 0 atom stereocenters. The van der Waals surface area contributed by atoms with Gasteiger partial charge in [0.05, 0.1) is 5.56 Å². The minimum absolute atomic E-state index is 0.0497. The average molecular weight is 268 g/mol. The Bertz CT molecular complexity index is 585. The first-order chi connectivity index (χ1) is 8.56. The largest absolute Gasteiger partial charge is 0.478 e. The topological polar surface area (TPSA) is 76.2 Å². The number of aryl methyl sites for hydroxylation is 1. The number of thioether (sulfide) groups is 1. The summed E-state index contributed by atoms with van der Waals surface area (Å²) in [5, 5.41) is 16.5. The summed E-state index contributed by atoms with van der Waals surface area (Å²) in [4.78, 5) is 10.8. The summed E-state index contributed by atoms with van der Waals surface area (Å²) in [5.41, 5.74) is 0.337. The van der Waals surface area contributed by atoms with Gasteiger partial charge in [-0.3, -0.25) is 0 Å². The number of aromatic nitrogens is 2. The molecule has 0 aliphatic carbocycles. The zero-order valence-electron chi connectivity index (χ0n) is 9.38. The van der Waals surface area contributed by atoms with Crippen molar-refractivity contribution >= 4 is 17.7 Å². The summed E-state index contributed by atoms with van der Waals surface area (Å²) >= 11 is 1.16. The van der Waals surface area contributed by atoms with Crippen LogP contribution in [0.5, 0.6) is 0 Å². The predicted molar refractivity (Wildman–Crippen MR) is 62.0 cm³/mol. The van der Waals surface area contributed by atoms with Crippen molar-refractivity contribution in [2.24, 2.45) is 0 Å². The van der Waals surface area contributed by atoms with Gasteiger partial charge in [0.2, 0.25) is 5.89 Å². The minimum atomic E-state index is -1.09. The molecule has 0 spiro atoms. The van der Waals surface area contributed by atoms with Crippen molar-refractivity contribution < 1.29 is 18.7 Å². The molecular formula is C11H9FN2O3S. The molecule has 0 saturated carbocycles. The molecule has 1 aromatic heterocycles. The number of carboxylic acid groups (broad SMARTS) is 1. The van der Waals surface area contributed by atoms with Gasteiger partial charge in [0.1, 0.15) is 5.82 Å². The summed E-state index contributed by atoms with van der Waals surface area (Å²) in [7, 11) is 0. The molecule has 0 saturated heterocycles. The van der Waals surface area contributed by atoms with Crippen LogP contribution in [0.2, 0.25) is 0 Å². The van der Waals surface area contributed by atoms with E-state index < -0.39 is 11.8 Å². The van der Waals surface area contributed by atoms with Gasteiger partial charge in [0.25, 0.3) is 5.22 Å². The Morgan fingerprint density at radius 3 is 2.89 bits per heavy atom. The van der Waals surface area contributed by atoms with Gasteiger partial charge in [0.15, 0.2) is 0 Å². The fourth-order valence-electron chi connectivity index (χ4n) is 1.29. The van der Waals surface area contributed by atoms with E-state index in [1.54, 1.807) is 6.92 Å². The lowest BCUT2D eigenvalue weighted by Crippen LogP contribution is -1.99. The van der Waals surface area contributed by atoms with Crippen molar-refractivity contribution in [3.63, 3.8) is 0 Å². The third kappa shape index (κ3) is 2.86. The van der Waals surface area contributed by atoms with E-state index in [4.69, 9.17) is 9.52 Å². The van der Waals surface area contributed by atoms with E-state index in [0.29, 0.717) is 11.1 Å². The Labute approximate surface area is 106 Å². The van der Waals surface area contributed by atoms with E-state index in [1.165, 1.54) is 12.1 Å². The number of nitrogens with zero attached hydrogens (tertiary/aromatic N) is 2. The maximum atomic E-state index is 13.5. The zero-order chi connectivity index (χ0) is 13.1. The lowest BCUT2D eigenvalue weighted by molar-refractivity contribution is 0.0696. The highest BCUT2D eigenvalue weighted by molar-refractivity contribution is 7.98. The lowest BCUT2D eigenvalue weighted by Gasteiger charge is -2.02. The zero-order valence-corrected chi connectivity index (χ0v) is 10.2. The predicted octanol–water partition coefficient (Wildman–Crippen LogP) is 2.51. The maximum absolute atomic E-state index is 13.5. The second-order valence-electron chi connectivity index (χ2n) is 3.49. The molecule has 0 bridgehead atoms. The summed E-state index contributed by atoms with van der Waals surface area (Å²) in [6, 6.07) is 3.66. The lowest BCUT2D eigenvalue weighted by atomic mass is 10.1. The fourth-order valence-corrected chi connectivity index (χ4v) is 2.07. The fraction of sp³-hybridized carbons (Fsp3) is 0.182. The van der Waals surface area contributed by atoms with Gasteiger partial charge >= 0.3 is 5.97 Å². The second kappa shape index (κ2) is 5.18. The Morgan fingerprint density at radius 1 is 1.50 bits per heavy atom. The molecule has 2 aromatic rings. The van der Waals surface area contributed by atoms with E-state index in [0.717, 1.165) is 17.8 Å². The molecule has 1 aromatic carbocycles. The molecule has 0 radical (unpaired) electrons. The number of aromatic carboxylic acids is 1. The van der Waals surface area contributed by atoms with Crippen molar-refractivity contribution in [2.45, 2.75) is 17.9 Å². The Kier molecular flexibility index (Phi) is 3.61. The molecule has 2 rings (SSSR count). The van der Waals surface area contributed by atoms with Gasteiger partial charge in [-0.1, -0.05) is 11.8 Å². The van der Waals surface area contributed by atoms with Crippen molar-refractivity contribution in [2.75, 3.05) is 0 Å². The third-order valence-corrected chi connectivity index (χ3v) is 3.02. The van der Waals surface area contributed by atoms with Crippen LogP contribution in [0.4, 0.5) is 4.39 Å². The number of hydrogen-bond donors (Lipinski definition) is 1. The first-order valence-corrected chi connectivity index (χ1v) is 5.99. The highest BCUT2D eigenvalue weighted by Gasteiger charge is 2.10. The summed E-state index contributed by atoms with van der Waals surface area (Å²) < 4.78 is 18.6. The molecule has 94 valence electrons. The third-order valence-electron chi connectivity index (χ3n) is 2.15. The molecule has 0 amide bonds. The van der Waals surface area contributed by atoms with Crippen molar-refractivity contribution in [3.05, 3.63) is 41.0 Å². The summed E-state index contributed by atoms with van der Waals surface area (Å²) in [6.45, 7) is 1.66. The summed E-state index contributed by atoms with van der Waals surface area (Å²) in [6.07, 6.45) is 0. The number of carboxylic acids is 1. The van der Waals surface area contributed by atoms with Crippen molar-refractivity contribution in [1.82, 2.24) is 10.2 Å². The van der Waals surface area contributed by atoms with Gasteiger partial charge < -0.3 is 9.52 Å².